The van der Waals surface area contributed by atoms with Crippen LogP contribution in [0, 0.1) is 5.92 Å². The smallest absolute Gasteiger partial charge is 0.325 e. The van der Waals surface area contributed by atoms with Gasteiger partial charge in [-0.3, -0.25) is 4.79 Å². The highest BCUT2D eigenvalue weighted by Crippen LogP contribution is 2.43. The molecule has 1 unspecified atom stereocenters. The summed E-state index contributed by atoms with van der Waals surface area (Å²) < 4.78 is 2.08. The first-order valence-electron chi connectivity index (χ1n) is 6.56. The second-order valence-electron chi connectivity index (χ2n) is 5.04. The van der Waals surface area contributed by atoms with Crippen molar-refractivity contribution >= 4 is 39.3 Å². The SMILES string of the molecule is CNC(CSc1nc2ccccc2s1)(C(=O)O)C1CC1. The van der Waals surface area contributed by atoms with E-state index in [1.165, 1.54) is 11.8 Å². The molecule has 1 aromatic heterocycles. The number of nitrogens with one attached hydrogen (secondary N) is 1. The second kappa shape index (κ2) is 5.35. The van der Waals surface area contributed by atoms with Crippen molar-refractivity contribution in [1.29, 1.82) is 0 Å². The van der Waals surface area contributed by atoms with E-state index in [1.807, 2.05) is 24.3 Å². The normalized spacial score (nSPS) is 18.1. The number of fused-ring (bicyclic) bond motifs is 1. The molecule has 0 spiro atoms. The fourth-order valence-electron chi connectivity index (χ4n) is 2.40. The van der Waals surface area contributed by atoms with Crippen LogP contribution >= 0.6 is 23.1 Å². The molecule has 20 heavy (non-hydrogen) atoms. The number of benzene rings is 1. The van der Waals surface area contributed by atoms with Gasteiger partial charge in [0.1, 0.15) is 5.54 Å². The zero-order chi connectivity index (χ0) is 14.2. The van der Waals surface area contributed by atoms with E-state index in [2.05, 4.69) is 10.3 Å². The van der Waals surface area contributed by atoms with Crippen molar-refractivity contribution in [3.05, 3.63) is 24.3 Å². The highest BCUT2D eigenvalue weighted by Gasteiger charge is 2.50. The number of rotatable bonds is 6. The minimum absolute atomic E-state index is 0.242. The van der Waals surface area contributed by atoms with Gasteiger partial charge in [0.2, 0.25) is 0 Å². The molecule has 1 fully saturated rings. The summed E-state index contributed by atoms with van der Waals surface area (Å²) in [5.41, 5.74) is 0.166. The van der Waals surface area contributed by atoms with E-state index in [4.69, 9.17) is 0 Å². The Hall–Kier alpha value is -1.11. The Kier molecular flexibility index (Phi) is 3.70. The van der Waals surface area contributed by atoms with E-state index in [1.54, 1.807) is 18.4 Å². The number of hydrogen-bond donors (Lipinski definition) is 2. The Balaban J connectivity index is 1.78. The molecule has 3 rings (SSSR count). The minimum atomic E-state index is -0.817. The van der Waals surface area contributed by atoms with E-state index in [0.717, 1.165) is 27.4 Å². The van der Waals surface area contributed by atoms with Crippen LogP contribution in [-0.2, 0) is 4.79 Å². The molecule has 6 heteroatoms. The van der Waals surface area contributed by atoms with Gasteiger partial charge in [-0.15, -0.1) is 11.3 Å². The van der Waals surface area contributed by atoms with Gasteiger partial charge in [-0.05, 0) is 37.9 Å². The number of thiazole rings is 1. The van der Waals surface area contributed by atoms with Crippen LogP contribution in [0.2, 0.25) is 0 Å². The quantitative estimate of drug-likeness (QED) is 0.804. The summed E-state index contributed by atoms with van der Waals surface area (Å²) in [5.74, 6) is 0.00606. The van der Waals surface area contributed by atoms with Crippen LogP contribution in [0.15, 0.2) is 28.6 Å². The third-order valence-corrected chi connectivity index (χ3v) is 6.17. The summed E-state index contributed by atoms with van der Waals surface area (Å²) in [5, 5.41) is 12.6. The average molecular weight is 308 g/mol. The van der Waals surface area contributed by atoms with E-state index < -0.39 is 11.5 Å². The first kappa shape index (κ1) is 13.9. The molecule has 1 atom stereocenters. The van der Waals surface area contributed by atoms with Crippen molar-refractivity contribution in [2.75, 3.05) is 12.8 Å². The molecular weight excluding hydrogens is 292 g/mol. The lowest BCUT2D eigenvalue weighted by atomic mass is 9.96. The lowest BCUT2D eigenvalue weighted by molar-refractivity contribution is -0.144. The van der Waals surface area contributed by atoms with Crippen molar-refractivity contribution in [3.63, 3.8) is 0 Å². The molecule has 1 aromatic carbocycles. The molecule has 1 aliphatic rings. The van der Waals surface area contributed by atoms with Gasteiger partial charge >= 0.3 is 5.97 Å². The molecule has 1 aliphatic carbocycles. The van der Waals surface area contributed by atoms with Crippen LogP contribution in [0.4, 0.5) is 0 Å². The maximum Gasteiger partial charge on any atom is 0.325 e. The minimum Gasteiger partial charge on any atom is -0.480 e. The van der Waals surface area contributed by atoms with Crippen molar-refractivity contribution < 1.29 is 9.90 Å². The van der Waals surface area contributed by atoms with E-state index in [0.29, 0.717) is 5.75 Å². The van der Waals surface area contributed by atoms with Crippen LogP contribution in [0.25, 0.3) is 10.2 Å². The number of thioether (sulfide) groups is 1. The monoisotopic (exact) mass is 308 g/mol. The molecule has 0 aliphatic heterocycles. The molecule has 1 saturated carbocycles. The average Bonchev–Trinajstić information content (AvgIpc) is 3.19. The molecule has 0 bridgehead atoms. The number of aromatic nitrogens is 1. The summed E-state index contributed by atoms with van der Waals surface area (Å²) in [6.07, 6.45) is 1.99. The summed E-state index contributed by atoms with van der Waals surface area (Å²) in [6, 6.07) is 7.99. The van der Waals surface area contributed by atoms with Crippen LogP contribution in [0.1, 0.15) is 12.8 Å². The molecule has 0 saturated heterocycles. The molecule has 4 nitrogen and oxygen atoms in total. The number of nitrogens with zero attached hydrogens (tertiary/aromatic N) is 1. The zero-order valence-electron chi connectivity index (χ0n) is 11.1. The van der Waals surface area contributed by atoms with Crippen LogP contribution < -0.4 is 5.32 Å². The summed E-state index contributed by atoms with van der Waals surface area (Å²) in [6.45, 7) is 0. The lowest BCUT2D eigenvalue weighted by Gasteiger charge is -2.28. The number of para-hydroxylation sites is 1. The molecule has 1 heterocycles. The fraction of sp³-hybridized carbons (Fsp3) is 0.429. The molecule has 0 radical (unpaired) electrons. The number of carbonyl (C=O) groups is 1. The number of hydrogen-bond acceptors (Lipinski definition) is 5. The van der Waals surface area contributed by atoms with Crippen molar-refractivity contribution in [2.45, 2.75) is 22.7 Å². The van der Waals surface area contributed by atoms with Crippen LogP contribution in [-0.4, -0.2) is 34.4 Å². The van der Waals surface area contributed by atoms with Gasteiger partial charge in [0, 0.05) is 5.75 Å². The lowest BCUT2D eigenvalue weighted by Crippen LogP contribution is -2.54. The van der Waals surface area contributed by atoms with E-state index in [9.17, 15) is 9.90 Å². The van der Waals surface area contributed by atoms with E-state index in [-0.39, 0.29) is 5.92 Å². The molecule has 0 amide bonds. The third kappa shape index (κ3) is 2.43. The van der Waals surface area contributed by atoms with E-state index >= 15 is 0 Å². The summed E-state index contributed by atoms with van der Waals surface area (Å²) in [7, 11) is 1.74. The fourth-order valence-corrected chi connectivity index (χ4v) is 4.80. The Morgan fingerprint density at radius 1 is 1.55 bits per heavy atom. The van der Waals surface area contributed by atoms with Crippen LogP contribution in [0.5, 0.6) is 0 Å². The summed E-state index contributed by atoms with van der Waals surface area (Å²) >= 11 is 3.16. The molecular formula is C14H16N2O2S2. The third-order valence-electron chi connectivity index (χ3n) is 3.80. The molecule has 2 aromatic rings. The Morgan fingerprint density at radius 3 is 2.90 bits per heavy atom. The largest absolute Gasteiger partial charge is 0.480 e. The number of carboxylic acid groups (broad SMARTS) is 1. The second-order valence-corrected chi connectivity index (χ2v) is 7.29. The Labute approximate surface area is 125 Å². The van der Waals surface area contributed by atoms with Crippen molar-refractivity contribution in [3.8, 4) is 0 Å². The molecule has 2 N–H and O–H groups in total. The van der Waals surface area contributed by atoms with Gasteiger partial charge < -0.3 is 10.4 Å². The number of carboxylic acids is 1. The number of aliphatic carboxylic acids is 1. The number of likely N-dealkylation sites (N-methyl/N-ethyl adjacent to an activating group) is 1. The maximum atomic E-state index is 11.6. The van der Waals surface area contributed by atoms with Gasteiger partial charge in [-0.2, -0.15) is 0 Å². The first-order chi connectivity index (χ1) is 9.65. The van der Waals surface area contributed by atoms with Gasteiger partial charge in [0.15, 0.2) is 4.34 Å². The first-order valence-corrected chi connectivity index (χ1v) is 8.36. The van der Waals surface area contributed by atoms with Gasteiger partial charge in [0.05, 0.1) is 10.2 Å². The van der Waals surface area contributed by atoms with Crippen molar-refractivity contribution in [1.82, 2.24) is 10.3 Å². The van der Waals surface area contributed by atoms with Gasteiger partial charge in [-0.1, -0.05) is 23.9 Å². The van der Waals surface area contributed by atoms with Crippen LogP contribution in [0.3, 0.4) is 0 Å². The highest BCUT2D eigenvalue weighted by molar-refractivity contribution is 8.01. The standard InChI is InChI=1S/C14H16N2O2S2/c1-15-14(12(17)18,9-6-7-9)8-19-13-16-10-4-2-3-5-11(10)20-13/h2-5,9,15H,6-8H2,1H3,(H,17,18). The Morgan fingerprint density at radius 2 is 2.30 bits per heavy atom. The van der Waals surface area contributed by atoms with Crippen molar-refractivity contribution in [2.24, 2.45) is 5.92 Å². The highest BCUT2D eigenvalue weighted by atomic mass is 32.2. The summed E-state index contributed by atoms with van der Waals surface area (Å²) in [4.78, 5) is 16.2. The Bertz CT molecular complexity index is 606. The maximum absolute atomic E-state index is 11.6. The molecule has 106 valence electrons. The van der Waals surface area contributed by atoms with Gasteiger partial charge in [0.25, 0.3) is 0 Å². The predicted molar refractivity (Wildman–Crippen MR) is 82.5 cm³/mol. The topological polar surface area (TPSA) is 62.2 Å². The zero-order valence-corrected chi connectivity index (χ0v) is 12.8. The predicted octanol–water partition coefficient (Wildman–Crippen LogP) is 2.84. The van der Waals surface area contributed by atoms with Gasteiger partial charge in [-0.25, -0.2) is 4.98 Å².